The molecule has 0 saturated carbocycles. The molecule has 1 heterocycles. The molecule has 0 radical (unpaired) electrons. The minimum Gasteiger partial charge on any atom is -0.353 e. The third-order valence-corrected chi connectivity index (χ3v) is 1.36. The van der Waals surface area contributed by atoms with Crippen LogP contribution in [0.3, 0.4) is 0 Å². The van der Waals surface area contributed by atoms with Crippen molar-refractivity contribution in [3.63, 3.8) is 0 Å². The van der Waals surface area contributed by atoms with Crippen molar-refractivity contribution in [2.75, 3.05) is 6.54 Å². The summed E-state index contributed by atoms with van der Waals surface area (Å²) in [5.41, 5.74) is 0. The Morgan fingerprint density at radius 3 is 2.60 bits per heavy atom. The van der Waals surface area contributed by atoms with Gasteiger partial charge in [0.1, 0.15) is 0 Å². The number of carbonyl (C=O) groups excluding carboxylic acids is 1. The van der Waals surface area contributed by atoms with Gasteiger partial charge in [0, 0.05) is 13.0 Å². The summed E-state index contributed by atoms with van der Waals surface area (Å²) in [6.45, 7) is -0.147. The van der Waals surface area contributed by atoms with Gasteiger partial charge in [-0.05, 0) is 0 Å². The van der Waals surface area contributed by atoms with E-state index < -0.39 is 24.4 Å². The standard InChI is InChI=1S/C5H6F3NO/c6-3-4(10)9-2-1-5(3,7)8/h3H,1-2H2,(H,9,10). The minimum absolute atomic E-state index is 0.147. The summed E-state index contributed by atoms with van der Waals surface area (Å²) in [5, 5.41) is 1.99. The normalized spacial score (nSPS) is 31.5. The third-order valence-electron chi connectivity index (χ3n) is 1.36. The lowest BCUT2D eigenvalue weighted by atomic mass is 10.1. The molecule has 1 unspecified atom stereocenters. The summed E-state index contributed by atoms with van der Waals surface area (Å²) < 4.78 is 36.6. The van der Waals surface area contributed by atoms with Crippen LogP contribution in [0, 0.1) is 0 Å². The van der Waals surface area contributed by atoms with Crippen LogP contribution in [0.25, 0.3) is 0 Å². The largest absolute Gasteiger partial charge is 0.353 e. The van der Waals surface area contributed by atoms with Gasteiger partial charge >= 0.3 is 0 Å². The number of hydrogen-bond acceptors (Lipinski definition) is 1. The summed E-state index contributed by atoms with van der Waals surface area (Å²) in [7, 11) is 0. The Bertz CT molecular complexity index is 159. The molecule has 2 nitrogen and oxygen atoms in total. The molecule has 0 aromatic carbocycles. The fraction of sp³-hybridized carbons (Fsp3) is 0.800. The van der Waals surface area contributed by atoms with Gasteiger partial charge in [-0.15, -0.1) is 0 Å². The van der Waals surface area contributed by atoms with Gasteiger partial charge in [-0.3, -0.25) is 4.79 Å². The van der Waals surface area contributed by atoms with Gasteiger partial charge in [0.05, 0.1) is 0 Å². The van der Waals surface area contributed by atoms with Crippen molar-refractivity contribution in [3.8, 4) is 0 Å². The average molecular weight is 153 g/mol. The zero-order valence-electron chi connectivity index (χ0n) is 5.03. The zero-order valence-corrected chi connectivity index (χ0v) is 5.03. The summed E-state index contributed by atoms with van der Waals surface area (Å²) in [6, 6.07) is 0. The molecule has 1 N–H and O–H groups in total. The van der Waals surface area contributed by atoms with Gasteiger partial charge in [0.25, 0.3) is 11.8 Å². The Hall–Kier alpha value is -0.740. The number of amides is 1. The van der Waals surface area contributed by atoms with Crippen molar-refractivity contribution in [1.29, 1.82) is 0 Å². The first-order chi connectivity index (χ1) is 4.54. The quantitative estimate of drug-likeness (QED) is 0.538. The third kappa shape index (κ3) is 1.08. The highest BCUT2D eigenvalue weighted by Gasteiger charge is 2.47. The summed E-state index contributed by atoms with van der Waals surface area (Å²) >= 11 is 0. The first kappa shape index (κ1) is 7.37. The Morgan fingerprint density at radius 1 is 1.60 bits per heavy atom. The number of rotatable bonds is 0. The van der Waals surface area contributed by atoms with E-state index in [2.05, 4.69) is 0 Å². The lowest BCUT2D eigenvalue weighted by Gasteiger charge is -2.24. The smallest absolute Gasteiger partial charge is 0.289 e. The van der Waals surface area contributed by atoms with E-state index in [1.807, 2.05) is 5.32 Å². The van der Waals surface area contributed by atoms with Crippen LogP contribution >= 0.6 is 0 Å². The second-order valence-electron chi connectivity index (χ2n) is 2.16. The number of nitrogens with one attached hydrogen (secondary N) is 1. The first-order valence-corrected chi connectivity index (χ1v) is 2.83. The molecule has 1 saturated heterocycles. The van der Waals surface area contributed by atoms with Crippen LogP contribution in [0.4, 0.5) is 13.2 Å². The molecule has 0 aromatic rings. The van der Waals surface area contributed by atoms with Gasteiger partial charge < -0.3 is 5.32 Å². The van der Waals surface area contributed by atoms with Gasteiger partial charge in [-0.1, -0.05) is 0 Å². The maximum Gasteiger partial charge on any atom is 0.289 e. The molecular weight excluding hydrogens is 147 g/mol. The molecule has 1 aliphatic heterocycles. The number of alkyl halides is 3. The van der Waals surface area contributed by atoms with E-state index in [0.717, 1.165) is 0 Å². The maximum atomic E-state index is 12.2. The summed E-state index contributed by atoms with van der Waals surface area (Å²) in [6.07, 6.45) is -3.28. The minimum atomic E-state index is -3.47. The van der Waals surface area contributed by atoms with Crippen molar-refractivity contribution >= 4 is 5.91 Å². The Labute approximate surface area is 55.4 Å². The predicted molar refractivity (Wildman–Crippen MR) is 27.5 cm³/mol. The first-order valence-electron chi connectivity index (χ1n) is 2.83. The monoisotopic (exact) mass is 153 g/mol. The lowest BCUT2D eigenvalue weighted by Crippen LogP contribution is -2.50. The second-order valence-corrected chi connectivity index (χ2v) is 2.16. The van der Waals surface area contributed by atoms with Crippen molar-refractivity contribution in [3.05, 3.63) is 0 Å². The van der Waals surface area contributed by atoms with Gasteiger partial charge in [0.15, 0.2) is 0 Å². The Kier molecular flexibility index (Phi) is 1.58. The van der Waals surface area contributed by atoms with Crippen molar-refractivity contribution in [2.45, 2.75) is 18.5 Å². The fourth-order valence-electron chi connectivity index (χ4n) is 0.760. The number of piperidine rings is 1. The van der Waals surface area contributed by atoms with Crippen LogP contribution in [0.2, 0.25) is 0 Å². The van der Waals surface area contributed by atoms with Crippen LogP contribution in [-0.2, 0) is 4.79 Å². The molecule has 1 rings (SSSR count). The van der Waals surface area contributed by atoms with E-state index in [1.54, 1.807) is 0 Å². The molecule has 1 aliphatic rings. The van der Waals surface area contributed by atoms with Crippen molar-refractivity contribution in [1.82, 2.24) is 5.32 Å². The SMILES string of the molecule is O=C1NCCC(F)(F)C1F. The highest BCUT2D eigenvalue weighted by molar-refractivity contribution is 5.82. The molecule has 1 fully saturated rings. The number of halogens is 3. The Morgan fingerprint density at radius 2 is 2.20 bits per heavy atom. The van der Waals surface area contributed by atoms with Gasteiger partial charge in [0.2, 0.25) is 6.17 Å². The Balaban J connectivity index is 2.69. The molecular formula is C5H6F3NO. The van der Waals surface area contributed by atoms with Crippen LogP contribution in [0.1, 0.15) is 6.42 Å². The van der Waals surface area contributed by atoms with E-state index in [0.29, 0.717) is 0 Å². The van der Waals surface area contributed by atoms with Crippen molar-refractivity contribution < 1.29 is 18.0 Å². The summed E-state index contributed by atoms with van der Waals surface area (Å²) in [5.74, 6) is -4.68. The molecule has 5 heteroatoms. The van der Waals surface area contributed by atoms with Gasteiger partial charge in [-0.2, -0.15) is 0 Å². The number of hydrogen-bond donors (Lipinski definition) is 1. The van der Waals surface area contributed by atoms with Crippen LogP contribution in [-0.4, -0.2) is 24.5 Å². The average Bonchev–Trinajstić information content (AvgIpc) is 1.83. The second kappa shape index (κ2) is 2.14. The van der Waals surface area contributed by atoms with Crippen LogP contribution in [0.5, 0.6) is 0 Å². The molecule has 0 aromatic heterocycles. The van der Waals surface area contributed by atoms with Gasteiger partial charge in [-0.25, -0.2) is 13.2 Å². The maximum absolute atomic E-state index is 12.2. The van der Waals surface area contributed by atoms with Crippen LogP contribution in [0.15, 0.2) is 0 Å². The fourth-order valence-corrected chi connectivity index (χ4v) is 0.760. The molecule has 0 aliphatic carbocycles. The van der Waals surface area contributed by atoms with E-state index in [-0.39, 0.29) is 6.54 Å². The van der Waals surface area contributed by atoms with E-state index >= 15 is 0 Å². The zero-order chi connectivity index (χ0) is 7.78. The predicted octanol–water partition coefficient (Wildman–Crippen LogP) is 0.480. The lowest BCUT2D eigenvalue weighted by molar-refractivity contribution is -0.150. The van der Waals surface area contributed by atoms with Crippen molar-refractivity contribution in [2.24, 2.45) is 0 Å². The van der Waals surface area contributed by atoms with E-state index in [1.165, 1.54) is 0 Å². The van der Waals surface area contributed by atoms with E-state index in [9.17, 15) is 18.0 Å². The topological polar surface area (TPSA) is 29.1 Å². The number of carbonyl (C=O) groups is 1. The highest BCUT2D eigenvalue weighted by Crippen LogP contribution is 2.27. The molecule has 10 heavy (non-hydrogen) atoms. The van der Waals surface area contributed by atoms with E-state index in [4.69, 9.17) is 0 Å². The molecule has 58 valence electrons. The molecule has 1 amide bonds. The highest BCUT2D eigenvalue weighted by atomic mass is 19.3. The molecule has 0 bridgehead atoms. The molecule has 0 spiro atoms. The molecule has 1 atom stereocenters. The van der Waals surface area contributed by atoms with Crippen LogP contribution < -0.4 is 5.32 Å². The summed E-state index contributed by atoms with van der Waals surface area (Å²) in [4.78, 5) is 10.2.